The molecule has 0 aliphatic heterocycles. The van der Waals surface area contributed by atoms with E-state index in [2.05, 4.69) is 26.0 Å². The van der Waals surface area contributed by atoms with E-state index >= 15 is 0 Å². The molecular formula is C36H50O4. The van der Waals surface area contributed by atoms with Crippen LogP contribution < -0.4 is 4.74 Å². The van der Waals surface area contributed by atoms with E-state index in [4.69, 9.17) is 4.74 Å². The van der Waals surface area contributed by atoms with E-state index in [1.807, 2.05) is 36.4 Å². The highest BCUT2D eigenvalue weighted by atomic mass is 16.5. The molecule has 40 heavy (non-hydrogen) atoms. The van der Waals surface area contributed by atoms with Crippen LogP contribution in [0.25, 0.3) is 21.5 Å². The third kappa shape index (κ3) is 9.94. The number of aliphatic carboxylic acids is 1. The average Bonchev–Trinajstić information content (AvgIpc) is 2.96. The van der Waals surface area contributed by atoms with Gasteiger partial charge in [0.25, 0.3) is 0 Å². The summed E-state index contributed by atoms with van der Waals surface area (Å²) in [7, 11) is 0. The number of carboxylic acid groups (broad SMARTS) is 1. The molecule has 0 aromatic heterocycles. The van der Waals surface area contributed by atoms with Crippen molar-refractivity contribution in [3.8, 4) is 5.75 Å². The van der Waals surface area contributed by atoms with Crippen LogP contribution in [0.15, 0.2) is 48.5 Å². The molecule has 4 nitrogen and oxygen atoms in total. The Balaban J connectivity index is 1.43. The minimum Gasteiger partial charge on any atom is -0.481 e. The van der Waals surface area contributed by atoms with Crippen molar-refractivity contribution in [3.63, 3.8) is 0 Å². The normalized spacial score (nSPS) is 12.2. The van der Waals surface area contributed by atoms with Crippen molar-refractivity contribution in [2.45, 2.75) is 123 Å². The number of carbonyl (C=O) groups excluding carboxylic acids is 1. The molecule has 0 saturated heterocycles. The van der Waals surface area contributed by atoms with Gasteiger partial charge in [-0.2, -0.15) is 0 Å². The molecule has 0 heterocycles. The zero-order valence-corrected chi connectivity index (χ0v) is 24.9. The summed E-state index contributed by atoms with van der Waals surface area (Å²) >= 11 is 0. The van der Waals surface area contributed by atoms with Crippen LogP contribution in [0.5, 0.6) is 5.75 Å². The molecular weight excluding hydrogens is 496 g/mol. The highest BCUT2D eigenvalue weighted by Gasteiger charge is 2.23. The Morgan fingerprint density at radius 1 is 0.725 bits per heavy atom. The topological polar surface area (TPSA) is 63.6 Å². The second kappa shape index (κ2) is 17.7. The highest BCUT2D eigenvalue weighted by Crippen LogP contribution is 2.37. The molecule has 1 unspecified atom stereocenters. The fourth-order valence-corrected chi connectivity index (χ4v) is 5.80. The van der Waals surface area contributed by atoms with Gasteiger partial charge in [0.1, 0.15) is 5.75 Å². The van der Waals surface area contributed by atoms with E-state index in [-0.39, 0.29) is 6.42 Å². The molecule has 1 atom stereocenters. The second-order valence-corrected chi connectivity index (χ2v) is 11.4. The number of benzene rings is 3. The Labute approximate surface area is 241 Å². The number of hydrogen-bond acceptors (Lipinski definition) is 3. The van der Waals surface area contributed by atoms with Crippen molar-refractivity contribution in [1.82, 2.24) is 0 Å². The number of rotatable bonds is 20. The number of esters is 1. The zero-order chi connectivity index (χ0) is 28.6. The summed E-state index contributed by atoms with van der Waals surface area (Å²) in [6, 6.07) is 16.1. The fourth-order valence-electron chi connectivity index (χ4n) is 5.80. The molecule has 218 valence electrons. The van der Waals surface area contributed by atoms with Crippen LogP contribution in [0.4, 0.5) is 0 Å². The van der Waals surface area contributed by atoms with E-state index in [0.29, 0.717) is 12.2 Å². The third-order valence-corrected chi connectivity index (χ3v) is 8.19. The maximum Gasteiger partial charge on any atom is 0.312 e. The molecule has 0 spiro atoms. The maximum atomic E-state index is 13.1. The van der Waals surface area contributed by atoms with Gasteiger partial charge in [0.2, 0.25) is 0 Å². The first-order valence-electron chi connectivity index (χ1n) is 15.9. The quantitative estimate of drug-likeness (QED) is 0.0662. The standard InChI is InChI=1S/C36H50O4/c1-3-5-6-7-8-9-10-11-12-13-14-15-16-17-22-31(36(38)39)27-33(37)40-35-32-25-19-18-21-29(32)26-30-24-20-23-28(4-2)34(30)35/h18-21,23-26,31H,3-17,22,27H2,1-2H3,(H,38,39). The lowest BCUT2D eigenvalue weighted by atomic mass is 9.96. The molecule has 0 fully saturated rings. The lowest BCUT2D eigenvalue weighted by molar-refractivity contribution is -0.147. The lowest BCUT2D eigenvalue weighted by Crippen LogP contribution is -2.21. The summed E-state index contributed by atoms with van der Waals surface area (Å²) in [5.74, 6) is -1.54. The predicted molar refractivity (Wildman–Crippen MR) is 167 cm³/mol. The number of unbranched alkanes of at least 4 members (excludes halogenated alkanes) is 13. The van der Waals surface area contributed by atoms with E-state index in [9.17, 15) is 14.7 Å². The second-order valence-electron chi connectivity index (χ2n) is 11.4. The van der Waals surface area contributed by atoms with Crippen molar-refractivity contribution in [2.24, 2.45) is 5.92 Å². The van der Waals surface area contributed by atoms with Gasteiger partial charge in [-0.1, -0.05) is 146 Å². The first-order valence-corrected chi connectivity index (χ1v) is 15.9. The van der Waals surface area contributed by atoms with Gasteiger partial charge >= 0.3 is 11.9 Å². The van der Waals surface area contributed by atoms with Crippen molar-refractivity contribution in [2.75, 3.05) is 0 Å². The summed E-state index contributed by atoms with van der Waals surface area (Å²) in [4.78, 5) is 25.0. The van der Waals surface area contributed by atoms with Crippen LogP contribution in [0.2, 0.25) is 0 Å². The number of hydrogen-bond donors (Lipinski definition) is 1. The molecule has 0 bridgehead atoms. The number of aryl methyl sites for hydroxylation is 1. The minimum absolute atomic E-state index is 0.104. The van der Waals surface area contributed by atoms with Crippen LogP contribution in [-0.4, -0.2) is 17.0 Å². The minimum atomic E-state index is -0.913. The molecule has 0 radical (unpaired) electrons. The predicted octanol–water partition coefficient (Wildman–Crippen LogP) is 10.4. The summed E-state index contributed by atoms with van der Waals surface area (Å²) in [6.45, 7) is 4.35. The number of fused-ring (bicyclic) bond motifs is 2. The summed E-state index contributed by atoms with van der Waals surface area (Å²) in [5.41, 5.74) is 1.11. The van der Waals surface area contributed by atoms with Gasteiger partial charge in [-0.25, -0.2) is 0 Å². The van der Waals surface area contributed by atoms with Crippen molar-refractivity contribution >= 4 is 33.5 Å². The number of carboxylic acids is 1. The third-order valence-electron chi connectivity index (χ3n) is 8.19. The molecule has 1 N–H and O–H groups in total. The van der Waals surface area contributed by atoms with Crippen molar-refractivity contribution in [3.05, 3.63) is 54.1 Å². The van der Waals surface area contributed by atoms with Crippen molar-refractivity contribution in [1.29, 1.82) is 0 Å². The van der Waals surface area contributed by atoms with E-state index in [1.54, 1.807) is 0 Å². The largest absolute Gasteiger partial charge is 0.481 e. The molecule has 3 aromatic carbocycles. The SMILES string of the molecule is CCCCCCCCCCCCCCCCC(CC(=O)Oc1c2ccccc2cc2cccc(CC)c12)C(=O)O. The monoisotopic (exact) mass is 546 g/mol. The Kier molecular flexibility index (Phi) is 14.0. The van der Waals surface area contributed by atoms with Crippen molar-refractivity contribution < 1.29 is 19.4 Å². The first kappa shape index (κ1) is 31.6. The summed E-state index contributed by atoms with van der Waals surface area (Å²) in [6.07, 6.45) is 18.9. The average molecular weight is 547 g/mol. The van der Waals surface area contributed by atoms with Gasteiger partial charge in [0.05, 0.1) is 12.3 Å². The van der Waals surface area contributed by atoms with Crippen LogP contribution in [0.1, 0.15) is 122 Å². The van der Waals surface area contributed by atoms with Gasteiger partial charge in [-0.05, 0) is 35.2 Å². The van der Waals surface area contributed by atoms with Crippen LogP contribution in [-0.2, 0) is 16.0 Å². The van der Waals surface area contributed by atoms with Crippen LogP contribution >= 0.6 is 0 Å². The van der Waals surface area contributed by atoms with Gasteiger partial charge in [0, 0.05) is 10.8 Å². The van der Waals surface area contributed by atoms with Crippen LogP contribution in [0, 0.1) is 5.92 Å². The maximum absolute atomic E-state index is 13.1. The summed E-state index contributed by atoms with van der Waals surface area (Å²) in [5, 5.41) is 13.7. The first-order chi connectivity index (χ1) is 19.5. The van der Waals surface area contributed by atoms with E-state index in [0.717, 1.165) is 52.8 Å². The van der Waals surface area contributed by atoms with Gasteiger partial charge in [0.15, 0.2) is 0 Å². The molecule has 0 amide bonds. The highest BCUT2D eigenvalue weighted by molar-refractivity contribution is 6.07. The number of ether oxygens (including phenoxy) is 1. The zero-order valence-electron chi connectivity index (χ0n) is 24.9. The molecule has 3 aromatic rings. The Bertz CT molecular complexity index is 1200. The van der Waals surface area contributed by atoms with Gasteiger partial charge in [-0.15, -0.1) is 0 Å². The molecule has 3 rings (SSSR count). The number of carbonyl (C=O) groups is 2. The lowest BCUT2D eigenvalue weighted by Gasteiger charge is -2.16. The molecule has 4 heteroatoms. The Morgan fingerprint density at radius 2 is 1.30 bits per heavy atom. The smallest absolute Gasteiger partial charge is 0.312 e. The Morgan fingerprint density at radius 3 is 1.90 bits per heavy atom. The fraction of sp³-hybridized carbons (Fsp3) is 0.556. The Hall–Kier alpha value is -2.88. The van der Waals surface area contributed by atoms with Crippen LogP contribution in [0.3, 0.4) is 0 Å². The van der Waals surface area contributed by atoms with E-state index < -0.39 is 17.9 Å². The molecule has 0 aliphatic rings. The summed E-state index contributed by atoms with van der Waals surface area (Å²) < 4.78 is 5.99. The van der Waals surface area contributed by atoms with Gasteiger partial charge in [-0.3, -0.25) is 9.59 Å². The molecule has 0 aliphatic carbocycles. The van der Waals surface area contributed by atoms with Gasteiger partial charge < -0.3 is 9.84 Å². The van der Waals surface area contributed by atoms with E-state index in [1.165, 1.54) is 70.6 Å². The molecule has 0 saturated carbocycles.